The van der Waals surface area contributed by atoms with Crippen LogP contribution in [0.5, 0.6) is 5.88 Å². The van der Waals surface area contributed by atoms with Crippen LogP contribution in [0.1, 0.15) is 25.1 Å². The molecule has 1 aliphatic rings. The van der Waals surface area contributed by atoms with E-state index in [9.17, 15) is 9.18 Å². The van der Waals surface area contributed by atoms with Crippen molar-refractivity contribution in [2.24, 2.45) is 10.9 Å². The van der Waals surface area contributed by atoms with E-state index in [1.54, 1.807) is 18.2 Å². The molecule has 0 radical (unpaired) electrons. The number of hydrogen-bond acceptors (Lipinski definition) is 8. The molecule has 0 aliphatic carbocycles. The van der Waals surface area contributed by atoms with Crippen molar-refractivity contribution in [2.75, 3.05) is 17.7 Å². The highest BCUT2D eigenvalue weighted by atomic mass is 32.1. The van der Waals surface area contributed by atoms with Gasteiger partial charge in [0.1, 0.15) is 6.10 Å². The molecular formula is C16H22FN7O2S. The Labute approximate surface area is 159 Å². The van der Waals surface area contributed by atoms with E-state index in [0.29, 0.717) is 29.3 Å². The van der Waals surface area contributed by atoms with Gasteiger partial charge in [0.2, 0.25) is 17.7 Å². The third-order valence-corrected chi connectivity index (χ3v) is 5.26. The molecule has 5 N–H and O–H groups in total. The average Bonchev–Trinajstić information content (AvgIpc) is 3.11. The van der Waals surface area contributed by atoms with Crippen LogP contribution in [0.25, 0.3) is 0 Å². The SMILES string of the molecule is CC(=O)Nc1nc(F)c(CN2CC(Oc3ccc/c(=N/N)n3N)CC2C)s1. The topological polar surface area (TPSA) is 124 Å². The van der Waals surface area contributed by atoms with Crippen LogP contribution in [-0.4, -0.2) is 39.2 Å². The summed E-state index contributed by atoms with van der Waals surface area (Å²) in [4.78, 5) is 17.4. The Morgan fingerprint density at radius 2 is 2.33 bits per heavy atom. The standard InChI is InChI=1S/C16H22FN7O2S/c1-9-6-11(26-14-5-3-4-13(22-18)24(14)19)7-23(9)8-12-15(17)21-16(27-12)20-10(2)25/h3-5,9,11H,6-8,18-19H2,1-2H3,(H,20,21,25)/b22-13-. The van der Waals surface area contributed by atoms with E-state index in [1.807, 2.05) is 0 Å². The molecule has 1 saturated heterocycles. The normalized spacial score (nSPS) is 20.8. The molecule has 2 unspecified atom stereocenters. The van der Waals surface area contributed by atoms with E-state index in [0.717, 1.165) is 17.8 Å². The summed E-state index contributed by atoms with van der Waals surface area (Å²) in [6, 6.07) is 5.37. The Balaban J connectivity index is 1.67. The van der Waals surface area contributed by atoms with Crippen LogP contribution in [0.4, 0.5) is 9.52 Å². The maximum atomic E-state index is 14.1. The number of pyridine rings is 1. The van der Waals surface area contributed by atoms with Gasteiger partial charge in [-0.3, -0.25) is 9.69 Å². The van der Waals surface area contributed by atoms with Crippen molar-refractivity contribution >= 4 is 22.4 Å². The van der Waals surface area contributed by atoms with Gasteiger partial charge in [-0.2, -0.15) is 14.5 Å². The molecular weight excluding hydrogens is 373 g/mol. The number of rotatable bonds is 5. The highest BCUT2D eigenvalue weighted by molar-refractivity contribution is 7.15. The molecule has 2 aromatic rings. The molecule has 146 valence electrons. The van der Waals surface area contributed by atoms with Gasteiger partial charge in [-0.1, -0.05) is 17.4 Å². The van der Waals surface area contributed by atoms with Gasteiger partial charge in [-0.15, -0.1) is 0 Å². The maximum Gasteiger partial charge on any atom is 0.230 e. The molecule has 3 heterocycles. The number of nitrogens with one attached hydrogen (secondary N) is 1. The third kappa shape index (κ3) is 4.37. The lowest BCUT2D eigenvalue weighted by Gasteiger charge is -2.19. The summed E-state index contributed by atoms with van der Waals surface area (Å²) in [5.74, 6) is 10.9. The third-order valence-electron chi connectivity index (χ3n) is 4.33. The fourth-order valence-electron chi connectivity index (χ4n) is 3.03. The number of ether oxygens (including phenoxy) is 1. The molecule has 1 aliphatic heterocycles. The van der Waals surface area contributed by atoms with Gasteiger partial charge in [-0.25, -0.2) is 4.68 Å². The second-order valence-electron chi connectivity index (χ2n) is 6.39. The van der Waals surface area contributed by atoms with Crippen LogP contribution in [0, 0.1) is 5.95 Å². The van der Waals surface area contributed by atoms with Gasteiger partial charge < -0.3 is 21.7 Å². The minimum atomic E-state index is -0.558. The lowest BCUT2D eigenvalue weighted by Crippen LogP contribution is -2.32. The lowest BCUT2D eigenvalue weighted by atomic mass is 10.2. The first kappa shape index (κ1) is 19.1. The highest BCUT2D eigenvalue weighted by Crippen LogP contribution is 2.28. The minimum Gasteiger partial charge on any atom is -0.473 e. The van der Waals surface area contributed by atoms with E-state index in [1.165, 1.54) is 11.6 Å². The first-order valence-electron chi connectivity index (χ1n) is 8.42. The Hall–Kier alpha value is -2.66. The van der Waals surface area contributed by atoms with Crippen LogP contribution in [0.3, 0.4) is 0 Å². The number of carbonyl (C=O) groups excluding carboxylic acids is 1. The molecule has 1 fully saturated rings. The zero-order valence-electron chi connectivity index (χ0n) is 15.1. The van der Waals surface area contributed by atoms with E-state index in [2.05, 4.69) is 27.2 Å². The number of likely N-dealkylation sites (tertiary alicyclic amines) is 1. The van der Waals surface area contributed by atoms with Crippen molar-refractivity contribution in [3.05, 3.63) is 34.5 Å². The van der Waals surface area contributed by atoms with Gasteiger partial charge in [0, 0.05) is 38.5 Å². The van der Waals surface area contributed by atoms with E-state index < -0.39 is 5.95 Å². The molecule has 0 spiro atoms. The number of hydrogen-bond donors (Lipinski definition) is 3. The molecule has 1 amide bonds. The first-order valence-corrected chi connectivity index (χ1v) is 9.23. The van der Waals surface area contributed by atoms with Crippen molar-refractivity contribution in [3.8, 4) is 5.88 Å². The second-order valence-corrected chi connectivity index (χ2v) is 7.47. The number of nitrogens with two attached hydrogens (primary N) is 2. The number of aromatic nitrogens is 2. The molecule has 0 bridgehead atoms. The van der Waals surface area contributed by atoms with E-state index in [-0.39, 0.29) is 23.2 Å². The summed E-state index contributed by atoms with van der Waals surface area (Å²) < 4.78 is 21.3. The second kappa shape index (κ2) is 7.92. The summed E-state index contributed by atoms with van der Waals surface area (Å²) >= 11 is 1.14. The van der Waals surface area contributed by atoms with Crippen LogP contribution < -0.4 is 27.2 Å². The van der Waals surface area contributed by atoms with Crippen LogP contribution >= 0.6 is 11.3 Å². The minimum absolute atomic E-state index is 0.103. The van der Waals surface area contributed by atoms with Crippen LogP contribution in [-0.2, 0) is 11.3 Å². The number of nitrogens with zero attached hydrogens (tertiary/aromatic N) is 4. The fraction of sp³-hybridized carbons (Fsp3) is 0.438. The predicted octanol–water partition coefficient (Wildman–Crippen LogP) is 0.572. The fourth-order valence-corrected chi connectivity index (χ4v) is 3.95. The van der Waals surface area contributed by atoms with Gasteiger partial charge in [0.15, 0.2) is 10.6 Å². The zero-order chi connectivity index (χ0) is 19.6. The summed E-state index contributed by atoms with van der Waals surface area (Å²) in [5.41, 5.74) is 0.396. The van der Waals surface area contributed by atoms with E-state index in [4.69, 9.17) is 16.4 Å². The average molecular weight is 395 g/mol. The number of thiazole rings is 1. The lowest BCUT2D eigenvalue weighted by molar-refractivity contribution is -0.114. The van der Waals surface area contributed by atoms with Crippen molar-refractivity contribution in [1.29, 1.82) is 0 Å². The van der Waals surface area contributed by atoms with E-state index >= 15 is 0 Å². The number of anilines is 1. The first-order chi connectivity index (χ1) is 12.9. The zero-order valence-corrected chi connectivity index (χ0v) is 15.9. The van der Waals surface area contributed by atoms with Crippen molar-refractivity contribution < 1.29 is 13.9 Å². The molecule has 0 aromatic carbocycles. The van der Waals surface area contributed by atoms with Gasteiger partial charge >= 0.3 is 0 Å². The highest BCUT2D eigenvalue weighted by Gasteiger charge is 2.32. The van der Waals surface area contributed by atoms with Crippen molar-refractivity contribution in [2.45, 2.75) is 39.0 Å². The molecule has 2 aromatic heterocycles. The monoisotopic (exact) mass is 395 g/mol. The maximum absolute atomic E-state index is 14.1. The number of nitrogen functional groups attached to an aromatic ring is 1. The van der Waals surface area contributed by atoms with Crippen molar-refractivity contribution in [3.63, 3.8) is 0 Å². The molecule has 9 nitrogen and oxygen atoms in total. The Morgan fingerprint density at radius 1 is 1.56 bits per heavy atom. The summed E-state index contributed by atoms with van der Waals surface area (Å²) in [5, 5.41) is 6.37. The van der Waals surface area contributed by atoms with Crippen LogP contribution in [0.2, 0.25) is 0 Å². The number of halogens is 1. The molecule has 0 saturated carbocycles. The number of carbonyl (C=O) groups is 1. The number of amides is 1. The van der Waals surface area contributed by atoms with Crippen molar-refractivity contribution in [1.82, 2.24) is 14.6 Å². The Bertz CT molecular complexity index is 897. The largest absolute Gasteiger partial charge is 0.473 e. The van der Waals surface area contributed by atoms with Gasteiger partial charge in [0.05, 0.1) is 4.88 Å². The molecule has 27 heavy (non-hydrogen) atoms. The Kier molecular flexibility index (Phi) is 5.61. The summed E-state index contributed by atoms with van der Waals surface area (Å²) in [7, 11) is 0. The summed E-state index contributed by atoms with van der Waals surface area (Å²) in [6.45, 7) is 4.42. The predicted molar refractivity (Wildman–Crippen MR) is 99.6 cm³/mol. The van der Waals surface area contributed by atoms with Gasteiger partial charge in [0.25, 0.3) is 0 Å². The van der Waals surface area contributed by atoms with Gasteiger partial charge in [-0.05, 0) is 13.0 Å². The summed E-state index contributed by atoms with van der Waals surface area (Å²) in [6.07, 6.45) is 0.664. The molecule has 11 heteroatoms. The molecule has 3 rings (SSSR count). The Morgan fingerprint density at radius 3 is 3.04 bits per heavy atom. The smallest absolute Gasteiger partial charge is 0.230 e. The quantitative estimate of drug-likeness (QED) is 0.502. The molecule has 2 atom stereocenters. The van der Waals surface area contributed by atoms with Crippen LogP contribution in [0.15, 0.2) is 23.3 Å².